The van der Waals surface area contributed by atoms with Crippen LogP contribution in [0.2, 0.25) is 0 Å². The smallest absolute Gasteiger partial charge is 0.278 e. The summed E-state index contributed by atoms with van der Waals surface area (Å²) in [5.41, 5.74) is 2.20. The van der Waals surface area contributed by atoms with Crippen LogP contribution in [0.3, 0.4) is 0 Å². The molecule has 0 fully saturated rings. The standard InChI is InChI=1S/C19H19N3O4/c1-13-4-2-5-15(10-13)26-12-14(23)11-21-17-7-8-18(22(24)25)16-6-3-9-20-19(16)17/h2-10,14,21,23H,11-12H2,1H3. The Kier molecular flexibility index (Phi) is 5.28. The van der Waals surface area contributed by atoms with Crippen LogP contribution in [0.25, 0.3) is 10.9 Å². The highest BCUT2D eigenvalue weighted by atomic mass is 16.6. The SMILES string of the molecule is Cc1cccc(OCC(O)CNc2ccc([N+](=O)[O-])c3cccnc23)c1. The van der Waals surface area contributed by atoms with Crippen molar-refractivity contribution in [3.05, 3.63) is 70.4 Å². The molecule has 3 rings (SSSR count). The second kappa shape index (κ2) is 7.79. The summed E-state index contributed by atoms with van der Waals surface area (Å²) in [6.07, 6.45) is 0.832. The highest BCUT2D eigenvalue weighted by molar-refractivity contribution is 5.96. The van der Waals surface area contributed by atoms with Gasteiger partial charge in [-0.05, 0) is 42.8 Å². The zero-order valence-electron chi connectivity index (χ0n) is 14.3. The number of anilines is 1. The van der Waals surface area contributed by atoms with E-state index in [1.807, 2.05) is 31.2 Å². The topological polar surface area (TPSA) is 97.5 Å². The Morgan fingerprint density at radius 2 is 2.12 bits per heavy atom. The second-order valence-corrected chi connectivity index (χ2v) is 5.95. The van der Waals surface area contributed by atoms with E-state index in [1.165, 1.54) is 6.07 Å². The lowest BCUT2D eigenvalue weighted by atomic mass is 10.1. The van der Waals surface area contributed by atoms with Crippen LogP contribution in [0, 0.1) is 17.0 Å². The number of nitro groups is 1. The fourth-order valence-electron chi connectivity index (χ4n) is 2.64. The summed E-state index contributed by atoms with van der Waals surface area (Å²) < 4.78 is 5.58. The van der Waals surface area contributed by atoms with Crippen molar-refractivity contribution in [2.45, 2.75) is 13.0 Å². The van der Waals surface area contributed by atoms with Gasteiger partial charge in [-0.15, -0.1) is 0 Å². The van der Waals surface area contributed by atoms with Crippen molar-refractivity contribution in [1.29, 1.82) is 0 Å². The number of aliphatic hydroxyl groups is 1. The van der Waals surface area contributed by atoms with Gasteiger partial charge in [-0.2, -0.15) is 0 Å². The van der Waals surface area contributed by atoms with E-state index in [0.29, 0.717) is 22.3 Å². The minimum absolute atomic E-state index is 0.00183. The van der Waals surface area contributed by atoms with Gasteiger partial charge < -0.3 is 15.2 Å². The molecule has 0 amide bonds. The van der Waals surface area contributed by atoms with Crippen molar-refractivity contribution in [1.82, 2.24) is 4.98 Å². The molecule has 0 aliphatic rings. The first-order valence-electron chi connectivity index (χ1n) is 8.18. The van der Waals surface area contributed by atoms with E-state index in [9.17, 15) is 15.2 Å². The predicted molar refractivity (Wildman–Crippen MR) is 99.6 cm³/mol. The molecular weight excluding hydrogens is 334 g/mol. The van der Waals surface area contributed by atoms with Gasteiger partial charge in [-0.1, -0.05) is 12.1 Å². The summed E-state index contributed by atoms with van der Waals surface area (Å²) in [4.78, 5) is 14.9. The third kappa shape index (κ3) is 4.07. The molecule has 2 aromatic carbocycles. The number of rotatable bonds is 7. The van der Waals surface area contributed by atoms with Crippen LogP contribution in [0.15, 0.2) is 54.7 Å². The molecule has 1 heterocycles. The van der Waals surface area contributed by atoms with E-state index in [-0.39, 0.29) is 18.8 Å². The zero-order chi connectivity index (χ0) is 18.5. The van der Waals surface area contributed by atoms with Crippen LogP contribution >= 0.6 is 0 Å². The Balaban J connectivity index is 1.66. The molecule has 1 aromatic heterocycles. The van der Waals surface area contributed by atoms with E-state index in [0.717, 1.165) is 5.56 Å². The Morgan fingerprint density at radius 1 is 1.27 bits per heavy atom. The molecule has 7 nitrogen and oxygen atoms in total. The molecule has 0 spiro atoms. The first-order valence-corrected chi connectivity index (χ1v) is 8.18. The lowest BCUT2D eigenvalue weighted by molar-refractivity contribution is -0.383. The highest BCUT2D eigenvalue weighted by Gasteiger charge is 2.15. The van der Waals surface area contributed by atoms with Crippen molar-refractivity contribution >= 4 is 22.3 Å². The Hall–Kier alpha value is -3.19. The average Bonchev–Trinajstić information content (AvgIpc) is 2.64. The monoisotopic (exact) mass is 353 g/mol. The molecule has 1 atom stereocenters. The van der Waals surface area contributed by atoms with Gasteiger partial charge in [-0.3, -0.25) is 15.1 Å². The largest absolute Gasteiger partial charge is 0.491 e. The number of hydrogen-bond donors (Lipinski definition) is 2. The van der Waals surface area contributed by atoms with E-state index in [1.54, 1.807) is 24.4 Å². The number of fused-ring (bicyclic) bond motifs is 1. The van der Waals surface area contributed by atoms with Gasteiger partial charge in [0, 0.05) is 18.8 Å². The molecule has 1 unspecified atom stereocenters. The maximum Gasteiger partial charge on any atom is 0.278 e. The van der Waals surface area contributed by atoms with Crippen LogP contribution in [0.4, 0.5) is 11.4 Å². The van der Waals surface area contributed by atoms with E-state index < -0.39 is 11.0 Å². The number of hydrogen-bond acceptors (Lipinski definition) is 6. The quantitative estimate of drug-likeness (QED) is 0.500. The molecule has 2 N–H and O–H groups in total. The van der Waals surface area contributed by atoms with E-state index >= 15 is 0 Å². The molecular formula is C19H19N3O4. The first-order chi connectivity index (χ1) is 12.5. The van der Waals surface area contributed by atoms with Gasteiger partial charge in [0.2, 0.25) is 0 Å². The van der Waals surface area contributed by atoms with E-state index in [2.05, 4.69) is 10.3 Å². The number of nitro benzene ring substituents is 1. The summed E-state index contributed by atoms with van der Waals surface area (Å²) in [6.45, 7) is 2.33. The fourth-order valence-corrected chi connectivity index (χ4v) is 2.64. The number of ether oxygens (including phenoxy) is 1. The third-order valence-corrected chi connectivity index (χ3v) is 3.90. The van der Waals surface area contributed by atoms with Gasteiger partial charge in [0.15, 0.2) is 0 Å². The second-order valence-electron chi connectivity index (χ2n) is 5.95. The van der Waals surface area contributed by atoms with Gasteiger partial charge in [0.25, 0.3) is 5.69 Å². The number of pyridine rings is 1. The van der Waals surface area contributed by atoms with Gasteiger partial charge in [0.1, 0.15) is 24.0 Å². The predicted octanol–water partition coefficient (Wildman–Crippen LogP) is 3.30. The summed E-state index contributed by atoms with van der Waals surface area (Å²) in [7, 11) is 0. The minimum Gasteiger partial charge on any atom is -0.491 e. The van der Waals surface area contributed by atoms with Crippen molar-refractivity contribution < 1.29 is 14.8 Å². The molecule has 0 aliphatic carbocycles. The molecule has 0 bridgehead atoms. The molecule has 7 heteroatoms. The maximum atomic E-state index is 11.1. The van der Waals surface area contributed by atoms with Crippen LogP contribution in [-0.4, -0.2) is 34.3 Å². The number of benzene rings is 2. The zero-order valence-corrected chi connectivity index (χ0v) is 14.3. The van der Waals surface area contributed by atoms with Crippen LogP contribution in [0.1, 0.15) is 5.56 Å². The highest BCUT2D eigenvalue weighted by Crippen LogP contribution is 2.29. The lowest BCUT2D eigenvalue weighted by Crippen LogP contribution is -2.26. The summed E-state index contributed by atoms with van der Waals surface area (Å²) in [6, 6.07) is 13.9. The van der Waals surface area contributed by atoms with Crippen LogP contribution in [0.5, 0.6) is 5.75 Å². The molecule has 0 aliphatic heterocycles. The van der Waals surface area contributed by atoms with Gasteiger partial charge >= 0.3 is 0 Å². The summed E-state index contributed by atoms with van der Waals surface area (Å²) in [5, 5.41) is 24.8. The fraction of sp³-hybridized carbons (Fsp3) is 0.211. The third-order valence-electron chi connectivity index (χ3n) is 3.90. The average molecular weight is 353 g/mol. The van der Waals surface area contributed by atoms with Gasteiger partial charge in [0.05, 0.1) is 16.0 Å². The Bertz CT molecular complexity index is 930. The molecule has 0 saturated carbocycles. The van der Waals surface area contributed by atoms with Crippen molar-refractivity contribution in [3.63, 3.8) is 0 Å². The summed E-state index contributed by atoms with van der Waals surface area (Å²) in [5.74, 6) is 0.700. The molecule has 134 valence electrons. The molecule has 0 saturated heterocycles. The molecule has 26 heavy (non-hydrogen) atoms. The summed E-state index contributed by atoms with van der Waals surface area (Å²) >= 11 is 0. The van der Waals surface area contributed by atoms with Crippen molar-refractivity contribution in [3.8, 4) is 5.75 Å². The number of aromatic nitrogens is 1. The van der Waals surface area contributed by atoms with Gasteiger partial charge in [-0.25, -0.2) is 0 Å². The first kappa shape index (κ1) is 17.6. The van der Waals surface area contributed by atoms with Crippen LogP contribution in [-0.2, 0) is 0 Å². The Labute approximate surface area is 150 Å². The number of nitrogens with one attached hydrogen (secondary N) is 1. The molecule has 0 radical (unpaired) electrons. The lowest BCUT2D eigenvalue weighted by Gasteiger charge is -2.15. The number of nitrogens with zero attached hydrogens (tertiary/aromatic N) is 2. The number of aliphatic hydroxyl groups excluding tert-OH is 1. The van der Waals surface area contributed by atoms with Crippen molar-refractivity contribution in [2.75, 3.05) is 18.5 Å². The van der Waals surface area contributed by atoms with E-state index in [4.69, 9.17) is 4.74 Å². The maximum absolute atomic E-state index is 11.1. The number of aryl methyl sites for hydroxylation is 1. The van der Waals surface area contributed by atoms with Crippen molar-refractivity contribution in [2.24, 2.45) is 0 Å². The number of non-ortho nitro benzene ring substituents is 1. The van der Waals surface area contributed by atoms with Crippen LogP contribution < -0.4 is 10.1 Å². The Morgan fingerprint density at radius 3 is 2.88 bits per heavy atom. The molecule has 3 aromatic rings. The minimum atomic E-state index is -0.746. The normalized spacial score (nSPS) is 11.9.